The van der Waals surface area contributed by atoms with E-state index < -0.39 is 11.3 Å². The summed E-state index contributed by atoms with van der Waals surface area (Å²) >= 11 is 0. The minimum absolute atomic E-state index is 0.00919. The fourth-order valence-corrected chi connectivity index (χ4v) is 4.24. The van der Waals surface area contributed by atoms with E-state index in [1.807, 2.05) is 19.2 Å². The number of nitriles is 3. The Morgan fingerprint density at radius 2 is 1.89 bits per heavy atom. The van der Waals surface area contributed by atoms with Gasteiger partial charge in [0.1, 0.15) is 17.6 Å². The lowest BCUT2D eigenvalue weighted by Gasteiger charge is -2.45. The maximum absolute atomic E-state index is 10.1. The van der Waals surface area contributed by atoms with Crippen molar-refractivity contribution in [1.82, 2.24) is 4.90 Å². The zero-order valence-electron chi connectivity index (χ0n) is 16.1. The van der Waals surface area contributed by atoms with Gasteiger partial charge in [-0.2, -0.15) is 15.8 Å². The Labute approximate surface area is 164 Å². The van der Waals surface area contributed by atoms with E-state index in [-0.39, 0.29) is 17.2 Å². The van der Waals surface area contributed by atoms with Crippen molar-refractivity contribution in [3.8, 4) is 29.7 Å². The molecule has 28 heavy (non-hydrogen) atoms. The first-order valence-electron chi connectivity index (χ1n) is 8.81. The van der Waals surface area contributed by atoms with E-state index in [0.717, 1.165) is 5.57 Å². The highest BCUT2D eigenvalue weighted by Gasteiger charge is 2.55. The molecule has 7 nitrogen and oxygen atoms in total. The van der Waals surface area contributed by atoms with E-state index in [2.05, 4.69) is 23.1 Å². The van der Waals surface area contributed by atoms with Crippen LogP contribution in [-0.4, -0.2) is 39.3 Å². The Morgan fingerprint density at radius 1 is 1.18 bits per heavy atom. The van der Waals surface area contributed by atoms with Gasteiger partial charge in [0.05, 0.1) is 37.6 Å². The third-order valence-corrected chi connectivity index (χ3v) is 5.62. The first kappa shape index (κ1) is 19.3. The molecule has 0 unspecified atom stereocenters. The van der Waals surface area contributed by atoms with Gasteiger partial charge in [-0.25, -0.2) is 0 Å². The van der Waals surface area contributed by atoms with Crippen molar-refractivity contribution >= 4 is 0 Å². The Balaban J connectivity index is 2.35. The molecule has 2 atom stereocenters. The van der Waals surface area contributed by atoms with E-state index >= 15 is 0 Å². The lowest BCUT2D eigenvalue weighted by molar-refractivity contribution is 0.234. The van der Waals surface area contributed by atoms with Gasteiger partial charge in [0, 0.05) is 36.6 Å². The van der Waals surface area contributed by atoms with Crippen molar-refractivity contribution in [2.24, 2.45) is 17.1 Å². The molecule has 3 rings (SSSR count). The molecular weight excluding hydrogens is 354 g/mol. The van der Waals surface area contributed by atoms with Crippen molar-refractivity contribution < 1.29 is 9.47 Å². The molecular formula is C21H21N5O2. The number of rotatable bonds is 3. The molecule has 1 aliphatic heterocycles. The molecule has 1 heterocycles. The number of allylic oxidation sites excluding steroid dienone is 2. The minimum Gasteiger partial charge on any atom is -0.497 e. The van der Waals surface area contributed by atoms with Crippen LogP contribution < -0.4 is 15.2 Å². The van der Waals surface area contributed by atoms with Crippen molar-refractivity contribution in [2.75, 3.05) is 34.4 Å². The summed E-state index contributed by atoms with van der Waals surface area (Å²) in [6.07, 6.45) is 1.96. The van der Waals surface area contributed by atoms with E-state index in [0.29, 0.717) is 30.2 Å². The molecule has 1 aromatic rings. The number of nitrogens with zero attached hydrogens (tertiary/aromatic N) is 4. The van der Waals surface area contributed by atoms with Gasteiger partial charge in [0.25, 0.3) is 0 Å². The highest BCUT2D eigenvalue weighted by Crippen LogP contribution is 2.55. The number of benzene rings is 1. The number of ether oxygens (including phenoxy) is 2. The number of likely N-dealkylation sites (N-methyl/N-ethyl adjacent to an activating group) is 1. The highest BCUT2D eigenvalue weighted by molar-refractivity contribution is 5.61. The van der Waals surface area contributed by atoms with Gasteiger partial charge < -0.3 is 20.1 Å². The zero-order valence-corrected chi connectivity index (χ0v) is 16.1. The summed E-state index contributed by atoms with van der Waals surface area (Å²) in [5, 5.41) is 29.9. The van der Waals surface area contributed by atoms with Crippen LogP contribution in [0.15, 0.2) is 41.1 Å². The van der Waals surface area contributed by atoms with Gasteiger partial charge in [0.2, 0.25) is 0 Å². The normalized spacial score (nSPS) is 23.5. The van der Waals surface area contributed by atoms with Crippen LogP contribution in [0.3, 0.4) is 0 Å². The number of hydrogen-bond acceptors (Lipinski definition) is 7. The smallest absolute Gasteiger partial charge is 0.191 e. The van der Waals surface area contributed by atoms with Crippen molar-refractivity contribution in [2.45, 2.75) is 5.92 Å². The summed E-state index contributed by atoms with van der Waals surface area (Å²) in [4.78, 5) is 2.09. The van der Waals surface area contributed by atoms with Crippen molar-refractivity contribution in [3.63, 3.8) is 0 Å². The molecule has 0 bridgehead atoms. The lowest BCUT2D eigenvalue weighted by Crippen LogP contribution is -2.47. The van der Waals surface area contributed by atoms with Gasteiger partial charge in [-0.15, -0.1) is 0 Å². The molecule has 0 fully saturated rings. The van der Waals surface area contributed by atoms with Gasteiger partial charge in [-0.3, -0.25) is 0 Å². The summed E-state index contributed by atoms with van der Waals surface area (Å²) < 4.78 is 10.8. The first-order chi connectivity index (χ1) is 13.5. The molecule has 0 spiro atoms. The minimum atomic E-state index is -1.67. The summed E-state index contributed by atoms with van der Waals surface area (Å²) in [6.45, 7) is 1.26. The van der Waals surface area contributed by atoms with Gasteiger partial charge in [-0.05, 0) is 18.7 Å². The van der Waals surface area contributed by atoms with Crippen LogP contribution in [0.4, 0.5) is 0 Å². The molecule has 2 N–H and O–H groups in total. The summed E-state index contributed by atoms with van der Waals surface area (Å²) in [5.41, 5.74) is 6.36. The Bertz CT molecular complexity index is 976. The van der Waals surface area contributed by atoms with Crippen LogP contribution in [0, 0.1) is 45.3 Å². The van der Waals surface area contributed by atoms with Gasteiger partial charge in [-0.1, -0.05) is 12.1 Å². The summed E-state index contributed by atoms with van der Waals surface area (Å²) in [7, 11) is 5.05. The van der Waals surface area contributed by atoms with Crippen molar-refractivity contribution in [3.05, 3.63) is 46.7 Å². The molecule has 0 amide bonds. The summed E-state index contributed by atoms with van der Waals surface area (Å²) in [6, 6.07) is 11.7. The van der Waals surface area contributed by atoms with Crippen LogP contribution in [0.2, 0.25) is 0 Å². The van der Waals surface area contributed by atoms with E-state index in [9.17, 15) is 15.8 Å². The van der Waals surface area contributed by atoms with Crippen molar-refractivity contribution in [1.29, 1.82) is 15.8 Å². The Hall–Kier alpha value is -3.47. The average molecular weight is 375 g/mol. The maximum Gasteiger partial charge on any atom is 0.191 e. The second-order valence-corrected chi connectivity index (χ2v) is 7.00. The maximum atomic E-state index is 10.1. The van der Waals surface area contributed by atoms with E-state index in [1.54, 1.807) is 19.2 Å². The van der Waals surface area contributed by atoms with Crippen LogP contribution in [0.5, 0.6) is 11.5 Å². The Morgan fingerprint density at radius 3 is 2.46 bits per heavy atom. The number of hydrogen-bond donors (Lipinski definition) is 1. The molecule has 7 heteroatoms. The van der Waals surface area contributed by atoms with Crippen LogP contribution >= 0.6 is 0 Å². The third-order valence-electron chi connectivity index (χ3n) is 5.62. The van der Waals surface area contributed by atoms with Crippen LogP contribution in [-0.2, 0) is 0 Å². The fraction of sp³-hybridized carbons (Fsp3) is 0.381. The molecule has 142 valence electrons. The monoisotopic (exact) mass is 375 g/mol. The van der Waals surface area contributed by atoms with E-state index in [4.69, 9.17) is 15.2 Å². The van der Waals surface area contributed by atoms with Gasteiger partial charge >= 0.3 is 0 Å². The number of methoxy groups -OCH3 is 2. The first-order valence-corrected chi connectivity index (χ1v) is 8.81. The molecule has 0 radical (unpaired) electrons. The van der Waals surface area contributed by atoms with Crippen LogP contribution in [0.25, 0.3) is 0 Å². The molecule has 2 aliphatic rings. The third kappa shape index (κ3) is 2.67. The molecule has 0 saturated carbocycles. The van der Waals surface area contributed by atoms with E-state index in [1.165, 1.54) is 7.11 Å². The number of nitrogens with two attached hydrogens (primary N) is 1. The van der Waals surface area contributed by atoms with Gasteiger partial charge in [0.15, 0.2) is 5.41 Å². The molecule has 1 aromatic carbocycles. The molecule has 0 aromatic heterocycles. The summed E-state index contributed by atoms with van der Waals surface area (Å²) in [5.74, 6) is 0.283. The highest BCUT2D eigenvalue weighted by atomic mass is 16.5. The zero-order chi connectivity index (χ0) is 20.5. The lowest BCUT2D eigenvalue weighted by atomic mass is 9.58. The molecule has 1 aliphatic carbocycles. The molecule has 0 saturated heterocycles. The SMILES string of the molecule is COc1ccc([C@H]2[C@@H]3CN(C)CC=C3C(C#N)=C(N)C2(C#N)C#N)c(OC)c1. The second-order valence-electron chi connectivity index (χ2n) is 7.00. The predicted molar refractivity (Wildman–Crippen MR) is 102 cm³/mol. The largest absolute Gasteiger partial charge is 0.497 e. The standard InChI is InChI=1S/C21H21N5O2/c1-26-7-6-14-16(9-22)20(25)21(11-23,12-24)19(17(14)10-26)15-5-4-13(27-2)8-18(15)28-3/h4-6,8,17,19H,7,10,25H2,1-3H3/t17-,19+/m1/s1. The second kappa shape index (κ2) is 7.27. The Kier molecular flexibility index (Phi) is 5.01. The quantitative estimate of drug-likeness (QED) is 0.858. The number of fused-ring (bicyclic) bond motifs is 1. The fourth-order valence-electron chi connectivity index (χ4n) is 4.24. The average Bonchev–Trinajstić information content (AvgIpc) is 2.73. The van der Waals surface area contributed by atoms with Crippen LogP contribution in [0.1, 0.15) is 11.5 Å². The predicted octanol–water partition coefficient (Wildman–Crippen LogP) is 2.06. The topological polar surface area (TPSA) is 119 Å².